The number of hydrogen-bond acceptors (Lipinski definition) is 4. The minimum absolute atomic E-state index is 0.0700. The van der Waals surface area contributed by atoms with Crippen molar-refractivity contribution >= 4 is 23.2 Å². The standard InChI is InChI=1S/C33H43NO4/c1-5-6-7-8-9-12-21-38-27-20-19-26(34-32(37)22-15-17-23(18-16-22)33(2,3)4)28-29(27)31(36)25-14-11-10-13-24(25)30(28)35/h10-11,13-14,19-20,22-23H,5-9,12,15-18,21H2,1-4H3,(H,34,37). The maximum atomic E-state index is 13.7. The first-order valence-electron chi connectivity index (χ1n) is 14.5. The monoisotopic (exact) mass is 517 g/mol. The van der Waals surface area contributed by atoms with Crippen LogP contribution in [0.5, 0.6) is 5.75 Å². The summed E-state index contributed by atoms with van der Waals surface area (Å²) in [6.45, 7) is 9.49. The van der Waals surface area contributed by atoms with Crippen LogP contribution in [-0.4, -0.2) is 24.1 Å². The molecule has 2 aliphatic rings. The number of nitrogens with one attached hydrogen (secondary N) is 1. The molecular weight excluding hydrogens is 474 g/mol. The predicted octanol–water partition coefficient (Wildman–Crippen LogP) is 7.99. The second-order valence-electron chi connectivity index (χ2n) is 12.1. The van der Waals surface area contributed by atoms with E-state index in [-0.39, 0.29) is 39.9 Å². The molecule has 5 nitrogen and oxygen atoms in total. The van der Waals surface area contributed by atoms with E-state index < -0.39 is 0 Å². The van der Waals surface area contributed by atoms with Gasteiger partial charge in [-0.1, -0.05) is 84.1 Å². The van der Waals surface area contributed by atoms with Gasteiger partial charge in [0.15, 0.2) is 11.6 Å². The highest BCUT2D eigenvalue weighted by Crippen LogP contribution is 2.41. The molecule has 204 valence electrons. The van der Waals surface area contributed by atoms with E-state index in [1.165, 1.54) is 25.7 Å². The third-order valence-corrected chi connectivity index (χ3v) is 8.37. The van der Waals surface area contributed by atoms with Crippen molar-refractivity contribution in [2.24, 2.45) is 17.3 Å². The summed E-state index contributed by atoms with van der Waals surface area (Å²) in [5.74, 6) is 0.402. The van der Waals surface area contributed by atoms with Crippen LogP contribution in [0.3, 0.4) is 0 Å². The van der Waals surface area contributed by atoms with E-state index in [1.807, 2.05) is 0 Å². The molecule has 1 N–H and O–H groups in total. The van der Waals surface area contributed by atoms with Gasteiger partial charge >= 0.3 is 0 Å². The molecule has 1 amide bonds. The summed E-state index contributed by atoms with van der Waals surface area (Å²) in [5, 5.41) is 3.03. The Labute approximate surface area is 227 Å². The second kappa shape index (κ2) is 12.3. The van der Waals surface area contributed by atoms with Gasteiger partial charge in [0.25, 0.3) is 0 Å². The van der Waals surface area contributed by atoms with E-state index in [2.05, 4.69) is 33.0 Å². The first-order chi connectivity index (χ1) is 18.2. The zero-order valence-corrected chi connectivity index (χ0v) is 23.5. The third kappa shape index (κ3) is 6.19. The Bertz CT molecular complexity index is 1170. The van der Waals surface area contributed by atoms with E-state index in [1.54, 1.807) is 36.4 Å². The first kappa shape index (κ1) is 28.1. The Morgan fingerprint density at radius 3 is 2.08 bits per heavy atom. The van der Waals surface area contributed by atoms with Crippen LogP contribution in [0.25, 0.3) is 0 Å². The van der Waals surface area contributed by atoms with Crippen LogP contribution in [0.15, 0.2) is 36.4 Å². The molecule has 0 bridgehead atoms. The molecule has 0 radical (unpaired) electrons. The van der Waals surface area contributed by atoms with Crippen LogP contribution < -0.4 is 10.1 Å². The van der Waals surface area contributed by atoms with Crippen LogP contribution in [0.2, 0.25) is 0 Å². The third-order valence-electron chi connectivity index (χ3n) is 8.37. The van der Waals surface area contributed by atoms with Crippen molar-refractivity contribution in [3.05, 3.63) is 58.7 Å². The number of hydrogen-bond donors (Lipinski definition) is 1. The van der Waals surface area contributed by atoms with Crippen LogP contribution >= 0.6 is 0 Å². The smallest absolute Gasteiger partial charge is 0.227 e. The van der Waals surface area contributed by atoms with E-state index in [0.717, 1.165) is 38.5 Å². The van der Waals surface area contributed by atoms with Gasteiger partial charge in [0.1, 0.15) is 5.75 Å². The number of unbranched alkanes of at least 4 members (excludes halogenated alkanes) is 5. The molecule has 5 heteroatoms. The molecule has 0 heterocycles. The minimum atomic E-state index is -0.244. The summed E-state index contributed by atoms with van der Waals surface area (Å²) < 4.78 is 6.08. The fourth-order valence-corrected chi connectivity index (χ4v) is 5.94. The van der Waals surface area contributed by atoms with E-state index >= 15 is 0 Å². The van der Waals surface area contributed by atoms with Gasteiger partial charge in [0.2, 0.25) is 5.91 Å². The second-order valence-corrected chi connectivity index (χ2v) is 12.1. The number of ether oxygens (including phenoxy) is 1. The van der Waals surface area contributed by atoms with Gasteiger partial charge in [-0.15, -0.1) is 0 Å². The molecule has 0 aromatic heterocycles. The van der Waals surface area contributed by atoms with Crippen LogP contribution in [0, 0.1) is 17.3 Å². The molecule has 2 aromatic rings. The maximum absolute atomic E-state index is 13.7. The molecule has 38 heavy (non-hydrogen) atoms. The van der Waals surface area contributed by atoms with Crippen molar-refractivity contribution < 1.29 is 19.1 Å². The normalized spacial score (nSPS) is 19.1. The van der Waals surface area contributed by atoms with Gasteiger partial charge in [-0.2, -0.15) is 0 Å². The SMILES string of the molecule is CCCCCCCCOc1ccc(NC(=O)C2CCC(C(C)(C)C)CC2)c2c1C(=O)c1ccccc1C2=O. The summed E-state index contributed by atoms with van der Waals surface area (Å²) in [6, 6.07) is 10.4. The zero-order chi connectivity index (χ0) is 27.3. The topological polar surface area (TPSA) is 72.5 Å². The van der Waals surface area contributed by atoms with E-state index in [4.69, 9.17) is 4.74 Å². The van der Waals surface area contributed by atoms with Gasteiger partial charge in [0.05, 0.1) is 23.4 Å². The van der Waals surface area contributed by atoms with E-state index in [0.29, 0.717) is 35.1 Å². The Morgan fingerprint density at radius 1 is 0.842 bits per heavy atom. The molecule has 0 unspecified atom stereocenters. The molecule has 0 aliphatic heterocycles. The average molecular weight is 518 g/mol. The van der Waals surface area contributed by atoms with Gasteiger partial charge in [-0.3, -0.25) is 14.4 Å². The van der Waals surface area contributed by atoms with Crippen LogP contribution in [0.4, 0.5) is 5.69 Å². The lowest BCUT2D eigenvalue weighted by molar-refractivity contribution is -0.121. The highest BCUT2D eigenvalue weighted by atomic mass is 16.5. The quantitative estimate of drug-likeness (QED) is 0.277. The number of amides is 1. The molecule has 0 saturated heterocycles. The highest BCUT2D eigenvalue weighted by Gasteiger charge is 2.36. The lowest BCUT2D eigenvalue weighted by Crippen LogP contribution is -2.32. The summed E-state index contributed by atoms with van der Waals surface area (Å²) in [7, 11) is 0. The molecule has 2 aliphatic carbocycles. The van der Waals surface area contributed by atoms with Crippen molar-refractivity contribution in [1.29, 1.82) is 0 Å². The van der Waals surface area contributed by atoms with Crippen LogP contribution in [-0.2, 0) is 4.79 Å². The fraction of sp³-hybridized carbons (Fsp3) is 0.545. The Morgan fingerprint density at radius 2 is 1.45 bits per heavy atom. The number of carbonyl (C=O) groups excluding carboxylic acids is 3. The van der Waals surface area contributed by atoms with Crippen LogP contribution in [0.1, 0.15) is 124 Å². The molecular formula is C33H43NO4. The summed E-state index contributed by atoms with van der Waals surface area (Å²) in [5.41, 5.74) is 1.94. The van der Waals surface area contributed by atoms with Gasteiger partial charge in [-0.05, 0) is 55.6 Å². The van der Waals surface area contributed by atoms with Crippen molar-refractivity contribution in [2.45, 2.75) is 91.9 Å². The molecule has 4 rings (SSSR count). The van der Waals surface area contributed by atoms with Gasteiger partial charge in [-0.25, -0.2) is 0 Å². The number of ketones is 2. The lowest BCUT2D eigenvalue weighted by Gasteiger charge is -2.36. The van der Waals surface area contributed by atoms with Gasteiger partial charge in [0, 0.05) is 17.0 Å². The Kier molecular flexibility index (Phi) is 9.07. The maximum Gasteiger partial charge on any atom is 0.227 e. The lowest BCUT2D eigenvalue weighted by atomic mass is 9.69. The highest BCUT2D eigenvalue weighted by molar-refractivity contribution is 6.31. The molecule has 0 atom stereocenters. The summed E-state index contributed by atoms with van der Waals surface area (Å²) in [6.07, 6.45) is 10.5. The first-order valence-corrected chi connectivity index (χ1v) is 14.5. The number of fused-ring (bicyclic) bond motifs is 2. The van der Waals surface area contributed by atoms with Crippen molar-refractivity contribution in [1.82, 2.24) is 0 Å². The molecule has 1 fully saturated rings. The number of anilines is 1. The number of carbonyl (C=O) groups is 3. The Hall–Kier alpha value is -2.95. The fourth-order valence-electron chi connectivity index (χ4n) is 5.94. The van der Waals surface area contributed by atoms with E-state index in [9.17, 15) is 14.4 Å². The zero-order valence-electron chi connectivity index (χ0n) is 23.5. The molecule has 2 aromatic carbocycles. The summed E-state index contributed by atoms with van der Waals surface area (Å²) >= 11 is 0. The van der Waals surface area contributed by atoms with Crippen molar-refractivity contribution in [2.75, 3.05) is 11.9 Å². The molecule has 0 spiro atoms. The van der Waals surface area contributed by atoms with Crippen molar-refractivity contribution in [3.63, 3.8) is 0 Å². The Balaban J connectivity index is 1.54. The average Bonchev–Trinajstić information content (AvgIpc) is 2.91. The minimum Gasteiger partial charge on any atom is -0.493 e. The number of rotatable bonds is 10. The molecule has 1 saturated carbocycles. The summed E-state index contributed by atoms with van der Waals surface area (Å²) in [4.78, 5) is 40.6. The van der Waals surface area contributed by atoms with Crippen molar-refractivity contribution in [3.8, 4) is 5.75 Å². The number of benzene rings is 2. The largest absolute Gasteiger partial charge is 0.493 e. The predicted molar refractivity (Wildman–Crippen MR) is 152 cm³/mol. The van der Waals surface area contributed by atoms with Gasteiger partial charge < -0.3 is 10.1 Å².